The van der Waals surface area contributed by atoms with Gasteiger partial charge in [0.15, 0.2) is 6.61 Å². The number of alkyl halides is 3. The Labute approximate surface area is 154 Å². The van der Waals surface area contributed by atoms with Gasteiger partial charge in [0.05, 0.1) is 6.04 Å². The number of hydrogen-bond acceptors (Lipinski definition) is 2. The molecule has 2 rings (SSSR count). The highest BCUT2D eigenvalue weighted by molar-refractivity contribution is 6.30. The van der Waals surface area contributed by atoms with E-state index in [-0.39, 0.29) is 11.8 Å². The molecule has 0 bridgehead atoms. The molecule has 4 nitrogen and oxygen atoms in total. The molecule has 0 aliphatic rings. The summed E-state index contributed by atoms with van der Waals surface area (Å²) in [6.07, 6.45) is -4.43. The Morgan fingerprint density at radius 2 is 1.85 bits per heavy atom. The first-order valence-electron chi connectivity index (χ1n) is 7.78. The molecule has 2 N–H and O–H groups in total. The van der Waals surface area contributed by atoms with Gasteiger partial charge in [-0.15, -0.1) is 0 Å². The summed E-state index contributed by atoms with van der Waals surface area (Å²) >= 11 is 5.83. The van der Waals surface area contributed by atoms with Crippen LogP contribution in [0.2, 0.25) is 5.02 Å². The highest BCUT2D eigenvalue weighted by Gasteiger charge is 2.28. The number of carbonyl (C=O) groups is 1. The molecule has 0 aliphatic carbocycles. The third-order valence-corrected chi connectivity index (χ3v) is 3.89. The monoisotopic (exact) mass is 386 g/mol. The second kappa shape index (κ2) is 8.31. The summed E-state index contributed by atoms with van der Waals surface area (Å²) in [5, 5.41) is 5.97. The van der Waals surface area contributed by atoms with E-state index in [2.05, 4.69) is 10.6 Å². The molecule has 0 heterocycles. The lowest BCUT2D eigenvalue weighted by Gasteiger charge is -2.17. The Morgan fingerprint density at radius 1 is 1.19 bits per heavy atom. The molecule has 140 valence electrons. The molecule has 0 aromatic heterocycles. The maximum absolute atomic E-state index is 12.3. The third-order valence-electron chi connectivity index (χ3n) is 3.64. The van der Waals surface area contributed by atoms with Crippen LogP contribution in [0.25, 0.3) is 0 Å². The molecule has 1 atom stereocenters. The Kier molecular flexibility index (Phi) is 6.37. The van der Waals surface area contributed by atoms with Crippen molar-refractivity contribution in [1.29, 1.82) is 0 Å². The minimum atomic E-state index is -4.43. The van der Waals surface area contributed by atoms with Gasteiger partial charge in [0.25, 0.3) is 0 Å². The van der Waals surface area contributed by atoms with Gasteiger partial charge in [0, 0.05) is 16.3 Å². The van der Waals surface area contributed by atoms with Crippen molar-refractivity contribution in [3.8, 4) is 5.75 Å². The Balaban J connectivity index is 2.01. The minimum absolute atomic E-state index is 0.0610. The van der Waals surface area contributed by atoms with Crippen LogP contribution in [0.3, 0.4) is 0 Å². The second-order valence-corrected chi connectivity index (χ2v) is 6.14. The molecule has 2 aromatic carbocycles. The van der Waals surface area contributed by atoms with Gasteiger partial charge < -0.3 is 15.4 Å². The SMILES string of the molecule is Cc1c(NC(=O)NC(C)c2ccc(Cl)cc2)cccc1OCC(F)(F)F. The van der Waals surface area contributed by atoms with Crippen molar-refractivity contribution in [2.24, 2.45) is 0 Å². The molecule has 26 heavy (non-hydrogen) atoms. The van der Waals surface area contributed by atoms with E-state index >= 15 is 0 Å². The largest absolute Gasteiger partial charge is 0.484 e. The van der Waals surface area contributed by atoms with E-state index in [0.29, 0.717) is 16.3 Å². The number of rotatable bonds is 5. The van der Waals surface area contributed by atoms with Gasteiger partial charge in [-0.25, -0.2) is 4.79 Å². The smallest absolute Gasteiger partial charge is 0.422 e. The van der Waals surface area contributed by atoms with Crippen molar-refractivity contribution in [1.82, 2.24) is 5.32 Å². The van der Waals surface area contributed by atoms with Crippen LogP contribution >= 0.6 is 11.6 Å². The third kappa shape index (κ3) is 5.84. The summed E-state index contributed by atoms with van der Waals surface area (Å²) in [4.78, 5) is 12.2. The fourth-order valence-electron chi connectivity index (χ4n) is 2.26. The van der Waals surface area contributed by atoms with E-state index in [1.807, 2.05) is 0 Å². The number of nitrogens with one attached hydrogen (secondary N) is 2. The highest BCUT2D eigenvalue weighted by atomic mass is 35.5. The van der Waals surface area contributed by atoms with Crippen molar-refractivity contribution >= 4 is 23.3 Å². The molecular weight excluding hydrogens is 369 g/mol. The van der Waals surface area contributed by atoms with E-state index in [9.17, 15) is 18.0 Å². The zero-order valence-electron chi connectivity index (χ0n) is 14.2. The molecular formula is C18H18ClF3N2O2. The van der Waals surface area contributed by atoms with Gasteiger partial charge in [0.1, 0.15) is 5.75 Å². The number of carbonyl (C=O) groups excluding carboxylic acids is 1. The number of amides is 2. The van der Waals surface area contributed by atoms with Gasteiger partial charge in [0.2, 0.25) is 0 Å². The molecule has 0 radical (unpaired) electrons. The molecule has 0 saturated heterocycles. The number of urea groups is 1. The lowest BCUT2D eigenvalue weighted by Crippen LogP contribution is -2.31. The summed E-state index contributed by atoms with van der Waals surface area (Å²) < 4.78 is 41.7. The van der Waals surface area contributed by atoms with Gasteiger partial charge in [-0.3, -0.25) is 0 Å². The summed E-state index contributed by atoms with van der Waals surface area (Å²) in [7, 11) is 0. The summed E-state index contributed by atoms with van der Waals surface area (Å²) in [6, 6.07) is 10.8. The summed E-state index contributed by atoms with van der Waals surface area (Å²) in [5.41, 5.74) is 1.64. The predicted octanol–water partition coefficient (Wildman–Crippen LogP) is 5.47. The first kappa shape index (κ1) is 19.9. The van der Waals surface area contributed by atoms with Crippen LogP contribution in [0, 0.1) is 6.92 Å². The minimum Gasteiger partial charge on any atom is -0.484 e. The molecule has 2 amide bonds. The quantitative estimate of drug-likeness (QED) is 0.715. The number of ether oxygens (including phenoxy) is 1. The van der Waals surface area contributed by atoms with E-state index in [1.165, 1.54) is 12.1 Å². The van der Waals surface area contributed by atoms with Crippen LogP contribution in [-0.2, 0) is 0 Å². The van der Waals surface area contributed by atoms with Crippen molar-refractivity contribution in [3.05, 3.63) is 58.6 Å². The van der Waals surface area contributed by atoms with Crippen molar-refractivity contribution in [3.63, 3.8) is 0 Å². The standard InChI is InChI=1S/C18H18ClF3N2O2/c1-11-15(4-3-5-16(11)26-10-18(20,21)22)24-17(25)23-12(2)13-6-8-14(19)9-7-13/h3-9,12H,10H2,1-2H3,(H2,23,24,25). The average Bonchev–Trinajstić information content (AvgIpc) is 2.55. The van der Waals surface area contributed by atoms with Crippen LogP contribution < -0.4 is 15.4 Å². The first-order valence-corrected chi connectivity index (χ1v) is 8.15. The second-order valence-electron chi connectivity index (χ2n) is 5.70. The van der Waals surface area contributed by atoms with E-state index in [4.69, 9.17) is 16.3 Å². The Hall–Kier alpha value is -2.41. The summed E-state index contributed by atoms with van der Waals surface area (Å²) in [5.74, 6) is 0.0610. The van der Waals surface area contributed by atoms with Crippen LogP contribution in [0.5, 0.6) is 5.75 Å². The molecule has 1 unspecified atom stereocenters. The first-order chi connectivity index (χ1) is 12.2. The maximum atomic E-state index is 12.3. The summed E-state index contributed by atoms with van der Waals surface area (Å²) in [6.45, 7) is 1.99. The van der Waals surface area contributed by atoms with E-state index in [0.717, 1.165) is 5.56 Å². The van der Waals surface area contributed by atoms with Crippen LogP contribution in [0.1, 0.15) is 24.1 Å². The lowest BCUT2D eigenvalue weighted by molar-refractivity contribution is -0.153. The fourth-order valence-corrected chi connectivity index (χ4v) is 2.38. The predicted molar refractivity (Wildman–Crippen MR) is 94.8 cm³/mol. The highest BCUT2D eigenvalue weighted by Crippen LogP contribution is 2.27. The zero-order valence-corrected chi connectivity index (χ0v) is 14.9. The topological polar surface area (TPSA) is 50.4 Å². The van der Waals surface area contributed by atoms with Crippen molar-refractivity contribution in [2.45, 2.75) is 26.1 Å². The van der Waals surface area contributed by atoms with Gasteiger partial charge in [-0.05, 0) is 43.7 Å². The fraction of sp³-hybridized carbons (Fsp3) is 0.278. The number of benzene rings is 2. The molecule has 0 fully saturated rings. The van der Waals surface area contributed by atoms with Crippen LogP contribution in [0.15, 0.2) is 42.5 Å². The zero-order chi connectivity index (χ0) is 19.3. The number of halogens is 4. The Bertz CT molecular complexity index is 764. The Morgan fingerprint density at radius 3 is 2.46 bits per heavy atom. The van der Waals surface area contributed by atoms with Crippen LogP contribution in [0.4, 0.5) is 23.7 Å². The van der Waals surface area contributed by atoms with Gasteiger partial charge >= 0.3 is 12.2 Å². The molecule has 0 aliphatic heterocycles. The molecule has 2 aromatic rings. The molecule has 0 spiro atoms. The van der Waals surface area contributed by atoms with Gasteiger partial charge in [-0.1, -0.05) is 29.8 Å². The maximum Gasteiger partial charge on any atom is 0.422 e. The number of hydrogen-bond donors (Lipinski definition) is 2. The van der Waals surface area contributed by atoms with Crippen molar-refractivity contribution < 1.29 is 22.7 Å². The van der Waals surface area contributed by atoms with E-state index in [1.54, 1.807) is 44.2 Å². The lowest BCUT2D eigenvalue weighted by atomic mass is 10.1. The molecule has 8 heteroatoms. The average molecular weight is 387 g/mol. The molecule has 0 saturated carbocycles. The normalized spacial score (nSPS) is 12.4. The van der Waals surface area contributed by atoms with E-state index < -0.39 is 18.8 Å². The van der Waals surface area contributed by atoms with Crippen LogP contribution in [-0.4, -0.2) is 18.8 Å². The number of anilines is 1. The van der Waals surface area contributed by atoms with Crippen molar-refractivity contribution in [2.75, 3.05) is 11.9 Å². The van der Waals surface area contributed by atoms with Gasteiger partial charge in [-0.2, -0.15) is 13.2 Å².